The van der Waals surface area contributed by atoms with Gasteiger partial charge in [-0.2, -0.15) is 5.26 Å². The van der Waals surface area contributed by atoms with Crippen LogP contribution in [-0.4, -0.2) is 15.8 Å². The van der Waals surface area contributed by atoms with Gasteiger partial charge in [-0.3, -0.25) is 0 Å². The molecule has 0 radical (unpaired) electrons. The Morgan fingerprint density at radius 2 is 1.29 bits per heavy atom. The smallest absolute Gasteiger partial charge is 0.256 e. The molecule has 0 bridgehead atoms. The minimum Gasteiger partial charge on any atom is -0.458 e. The van der Waals surface area contributed by atoms with Gasteiger partial charge in [-0.25, -0.2) is 0 Å². The van der Waals surface area contributed by atoms with Crippen LogP contribution in [0.4, 0.5) is 17.1 Å². The zero-order chi connectivity index (χ0) is 61.3. The molecule has 0 spiro atoms. The molecule has 0 saturated heterocycles. The standard InChI is InChI=1S/C79H53BN4O2S/c1-79(2,3)50-32-37-67(59(43-50)48-19-5-4-6-20-48)84-68-44-51(82-65-29-15-10-23-56(65)60-40-47(46-81)18-7-12-30-66(60)82)33-35-61(68)80-62-36-34-52(83-63-27-13-8-21-54(63)55-22-9-14-28-64(55)83)45-71(62)85-72-42-49(41-69(84)77(72)80)53-25-17-26-58-75-70(86-78(53)58)38-39-74-76(75)57-24-11-16-31-73(57)87-74/h4-17,19-29,31-45H,18,30H2,1-3H3/b12-7-,47-40+/i10D,15D,23D,29D. The Morgan fingerprint density at radius 3 is 2.10 bits per heavy atom. The number of fused-ring (bicyclic) bond motifs is 17. The molecule has 4 aromatic heterocycles. The normalized spacial score (nSPS) is 15.3. The molecule has 0 fully saturated rings. The number of para-hydroxylation sites is 4. The summed E-state index contributed by atoms with van der Waals surface area (Å²) in [5.41, 5.74) is 18.4. The highest BCUT2D eigenvalue weighted by Gasteiger charge is 2.44. The Balaban J connectivity index is 0.956. The highest BCUT2D eigenvalue weighted by Crippen LogP contribution is 2.51. The number of hydrogen-bond acceptors (Lipinski definition) is 5. The summed E-state index contributed by atoms with van der Waals surface area (Å²) in [6, 6.07) is 73.2. The summed E-state index contributed by atoms with van der Waals surface area (Å²) in [6.07, 6.45) is 6.70. The third kappa shape index (κ3) is 7.40. The van der Waals surface area contributed by atoms with Gasteiger partial charge in [0.2, 0.25) is 0 Å². The Kier molecular flexibility index (Phi) is 9.85. The maximum absolute atomic E-state index is 10.5. The van der Waals surface area contributed by atoms with Crippen LogP contribution < -0.4 is 26.0 Å². The Hall–Kier alpha value is -10.6. The molecule has 8 heteroatoms. The fourth-order valence-electron chi connectivity index (χ4n) is 14.4. The maximum Gasteiger partial charge on any atom is 0.256 e. The van der Waals surface area contributed by atoms with Crippen LogP contribution >= 0.6 is 11.3 Å². The van der Waals surface area contributed by atoms with Crippen LogP contribution in [0.2, 0.25) is 0 Å². The first-order chi connectivity index (χ1) is 44.4. The van der Waals surface area contributed by atoms with Gasteiger partial charge in [0, 0.05) is 117 Å². The summed E-state index contributed by atoms with van der Waals surface area (Å²) in [5, 5.41) is 17.7. The lowest BCUT2D eigenvalue weighted by Gasteiger charge is -2.41. The van der Waals surface area contributed by atoms with E-state index in [0.29, 0.717) is 40.6 Å². The third-order valence-electron chi connectivity index (χ3n) is 18.4. The average molecular weight is 1140 g/mol. The number of hydrogen-bond donors (Lipinski definition) is 0. The molecular formula is C79H53BN4O2S. The number of ether oxygens (including phenoxy) is 1. The van der Waals surface area contributed by atoms with Crippen LogP contribution in [0.1, 0.15) is 49.5 Å². The molecule has 0 unspecified atom stereocenters. The number of aromatic nitrogens is 2. The molecule has 6 heterocycles. The van der Waals surface area contributed by atoms with Crippen LogP contribution in [0, 0.1) is 11.3 Å². The molecule has 18 rings (SSSR count). The summed E-state index contributed by atoms with van der Waals surface area (Å²) in [6.45, 7) is 6.40. The molecule has 87 heavy (non-hydrogen) atoms. The SMILES string of the molecule is [2H]c1c([2H])c([2H])c2c(c1[2H])c1c(n2-c2ccc3c(c2)N(c2ccc(C(C)(C)C)cc2-c2ccccc2)c2cc(-c4cccc5c4oc4ccc6sc7ccccc7c6c45)cc4c2B3c2ccc(-n3c5ccccc5c5ccccc53)cc2O4)C/C=C\C/C(C#N)=C\1. The van der Waals surface area contributed by atoms with Crippen molar-refractivity contribution in [1.29, 1.82) is 5.26 Å². The van der Waals surface area contributed by atoms with Crippen LogP contribution in [0.3, 0.4) is 0 Å². The highest BCUT2D eigenvalue weighted by molar-refractivity contribution is 7.26. The van der Waals surface area contributed by atoms with Crippen molar-refractivity contribution in [3.8, 4) is 51.2 Å². The van der Waals surface area contributed by atoms with Crippen LogP contribution in [-0.2, 0) is 11.8 Å². The molecule has 6 nitrogen and oxygen atoms in total. The zero-order valence-electron chi connectivity index (χ0n) is 51.8. The number of thiophene rings is 1. The number of furan rings is 1. The number of benzene rings is 11. The lowest BCUT2D eigenvalue weighted by atomic mass is 9.34. The number of rotatable bonds is 5. The number of anilines is 3. The average Bonchev–Trinajstić information content (AvgIpc) is 1.05. The van der Waals surface area contributed by atoms with E-state index in [4.69, 9.17) is 11.9 Å². The van der Waals surface area contributed by atoms with Gasteiger partial charge in [0.05, 0.1) is 33.8 Å². The summed E-state index contributed by atoms with van der Waals surface area (Å²) in [5.74, 6) is 1.45. The molecule has 0 atom stereocenters. The van der Waals surface area contributed by atoms with Crippen molar-refractivity contribution in [3.05, 3.63) is 259 Å². The number of allylic oxidation sites excluding steroid dienone is 3. The molecule has 410 valence electrons. The van der Waals surface area contributed by atoms with E-state index in [1.165, 1.54) is 36.5 Å². The van der Waals surface area contributed by atoms with E-state index in [0.717, 1.165) is 112 Å². The quantitative estimate of drug-likeness (QED) is 0.127. The van der Waals surface area contributed by atoms with E-state index in [1.807, 2.05) is 22.8 Å². The molecular weight excluding hydrogens is 1080 g/mol. The van der Waals surface area contributed by atoms with E-state index in [1.54, 1.807) is 11.3 Å². The van der Waals surface area contributed by atoms with E-state index in [-0.39, 0.29) is 36.3 Å². The fraction of sp³-hybridized carbons (Fsp3) is 0.0759. The molecule has 3 aliphatic rings. The Labute approximate surface area is 512 Å². The molecule has 15 aromatic rings. The van der Waals surface area contributed by atoms with E-state index in [2.05, 4.69) is 236 Å². The van der Waals surface area contributed by atoms with Crippen molar-refractivity contribution >= 4 is 132 Å². The highest BCUT2D eigenvalue weighted by atomic mass is 32.1. The van der Waals surface area contributed by atoms with Gasteiger partial charge in [0.15, 0.2) is 0 Å². The van der Waals surface area contributed by atoms with Gasteiger partial charge < -0.3 is 23.2 Å². The van der Waals surface area contributed by atoms with Crippen molar-refractivity contribution in [2.24, 2.45) is 0 Å². The first-order valence-corrected chi connectivity index (χ1v) is 30.5. The largest absolute Gasteiger partial charge is 0.458 e. The van der Waals surface area contributed by atoms with Gasteiger partial charge in [-0.05, 0) is 123 Å². The predicted octanol–water partition coefficient (Wildman–Crippen LogP) is 19.4. The van der Waals surface area contributed by atoms with Crippen LogP contribution in [0.5, 0.6) is 11.5 Å². The van der Waals surface area contributed by atoms with Crippen LogP contribution in [0.25, 0.3) is 115 Å². The number of nitrogens with zero attached hydrogens (tertiary/aromatic N) is 4. The maximum atomic E-state index is 10.5. The second kappa shape index (κ2) is 18.7. The summed E-state index contributed by atoms with van der Waals surface area (Å²) < 4.78 is 58.9. The van der Waals surface area contributed by atoms with Crippen molar-refractivity contribution in [2.75, 3.05) is 4.90 Å². The molecule has 2 aliphatic heterocycles. The van der Waals surface area contributed by atoms with Gasteiger partial charge in [0.1, 0.15) is 22.7 Å². The first kappa shape index (κ1) is 45.8. The lowest BCUT2D eigenvalue weighted by Crippen LogP contribution is -2.59. The van der Waals surface area contributed by atoms with E-state index >= 15 is 0 Å². The molecule has 0 N–H and O–H groups in total. The van der Waals surface area contributed by atoms with E-state index < -0.39 is 0 Å². The topological polar surface area (TPSA) is 59.3 Å². The van der Waals surface area contributed by atoms with Crippen LogP contribution in [0.15, 0.2) is 247 Å². The zero-order valence-corrected chi connectivity index (χ0v) is 48.6. The monoisotopic (exact) mass is 1140 g/mol. The summed E-state index contributed by atoms with van der Waals surface area (Å²) in [4.78, 5) is 2.41. The minimum atomic E-state index is -0.352. The van der Waals surface area contributed by atoms with Crippen molar-refractivity contribution < 1.29 is 14.6 Å². The second-order valence-electron chi connectivity index (χ2n) is 24.2. The Bertz CT molecular complexity index is 5780. The third-order valence-corrected chi connectivity index (χ3v) is 19.5. The number of nitriles is 1. The predicted molar refractivity (Wildman–Crippen MR) is 364 cm³/mol. The van der Waals surface area contributed by atoms with Gasteiger partial charge >= 0.3 is 0 Å². The lowest BCUT2D eigenvalue weighted by molar-refractivity contribution is 0.487. The fourth-order valence-corrected chi connectivity index (χ4v) is 15.5. The molecule has 0 amide bonds. The molecule has 0 saturated carbocycles. The van der Waals surface area contributed by atoms with Gasteiger partial charge in [0.25, 0.3) is 6.71 Å². The van der Waals surface area contributed by atoms with Crippen molar-refractivity contribution in [1.82, 2.24) is 9.13 Å². The van der Waals surface area contributed by atoms with Gasteiger partial charge in [-0.1, -0.05) is 172 Å². The van der Waals surface area contributed by atoms with Gasteiger partial charge in [-0.15, -0.1) is 11.3 Å². The Morgan fingerprint density at radius 1 is 0.552 bits per heavy atom. The molecule has 11 aromatic carbocycles. The first-order valence-electron chi connectivity index (χ1n) is 31.7. The van der Waals surface area contributed by atoms with E-state index in [9.17, 15) is 8.00 Å². The molecule has 1 aliphatic carbocycles. The summed E-state index contributed by atoms with van der Waals surface area (Å²) in [7, 11) is 0. The summed E-state index contributed by atoms with van der Waals surface area (Å²) >= 11 is 1.80. The minimum absolute atomic E-state index is 0.143. The van der Waals surface area contributed by atoms with Crippen molar-refractivity contribution in [2.45, 2.75) is 39.0 Å². The van der Waals surface area contributed by atoms with Crippen molar-refractivity contribution in [3.63, 3.8) is 0 Å². The second-order valence-corrected chi connectivity index (χ2v) is 25.3.